The molecule has 0 atom stereocenters. The number of aryl methyl sites for hydroxylation is 1. The summed E-state index contributed by atoms with van der Waals surface area (Å²) in [6.07, 6.45) is 2.03. The molecule has 0 saturated heterocycles. The van der Waals surface area contributed by atoms with Gasteiger partial charge in [-0.3, -0.25) is 9.13 Å². The molecule has 0 spiro atoms. The van der Waals surface area contributed by atoms with Gasteiger partial charge in [0, 0.05) is 27.8 Å². The molecule has 2 rings (SSSR count). The van der Waals surface area contributed by atoms with Crippen molar-refractivity contribution >= 4 is 27.1 Å². The van der Waals surface area contributed by atoms with Crippen molar-refractivity contribution in [3.63, 3.8) is 0 Å². The number of aromatic nitrogens is 3. The summed E-state index contributed by atoms with van der Waals surface area (Å²) in [6, 6.07) is 2.87. The van der Waals surface area contributed by atoms with E-state index in [0.717, 1.165) is 6.04 Å². The number of ether oxygens (including phenoxy) is 2. The quantitative estimate of drug-likeness (QED) is 0.548. The molecule has 0 saturated carbocycles. The molecule has 0 bridgehead atoms. The topological polar surface area (TPSA) is 58.3 Å². The van der Waals surface area contributed by atoms with Crippen molar-refractivity contribution in [3.8, 4) is 5.75 Å². The van der Waals surface area contributed by atoms with Crippen molar-refractivity contribution in [1.82, 2.24) is 14.1 Å². The summed E-state index contributed by atoms with van der Waals surface area (Å²) < 4.78 is 14.3. The van der Waals surface area contributed by atoms with Gasteiger partial charge in [0.1, 0.15) is 12.5 Å². The van der Waals surface area contributed by atoms with E-state index < -0.39 is 8.07 Å². The highest BCUT2D eigenvalue weighted by Gasteiger charge is 2.15. The summed E-state index contributed by atoms with van der Waals surface area (Å²) in [7, 11) is 6.00. The van der Waals surface area contributed by atoms with Crippen molar-refractivity contribution in [2.24, 2.45) is 7.05 Å². The number of rotatable bonds is 8. The van der Waals surface area contributed by atoms with Gasteiger partial charge in [0.05, 0.1) is 26.2 Å². The van der Waals surface area contributed by atoms with Crippen LogP contribution >= 0.6 is 0 Å². The Balaban J connectivity index is 2.20. The van der Waals surface area contributed by atoms with Crippen LogP contribution in [0.1, 0.15) is 0 Å². The van der Waals surface area contributed by atoms with E-state index >= 15 is 0 Å². The van der Waals surface area contributed by atoms with E-state index in [-0.39, 0.29) is 12.4 Å². The molecule has 23 heavy (non-hydrogen) atoms. The van der Waals surface area contributed by atoms with E-state index in [2.05, 4.69) is 24.6 Å². The van der Waals surface area contributed by atoms with Gasteiger partial charge in [0.2, 0.25) is 0 Å². The first kappa shape index (κ1) is 17.8. The molecule has 2 radical (unpaired) electrons. The monoisotopic (exact) mass is 333 g/mol. The second-order valence-corrected chi connectivity index (χ2v) is 12.4. The average molecular weight is 333 g/mol. The maximum atomic E-state index is 12.4. The van der Waals surface area contributed by atoms with Crippen LogP contribution in [0.2, 0.25) is 32.0 Å². The minimum absolute atomic E-state index is 0.142. The van der Waals surface area contributed by atoms with Gasteiger partial charge in [-0.15, -0.1) is 0 Å². The number of pyridine rings is 1. The summed E-state index contributed by atoms with van der Waals surface area (Å²) >= 11 is 0. The fourth-order valence-corrected chi connectivity index (χ4v) is 2.93. The largest absolute Gasteiger partial charge is 0.493 e. The molecule has 0 aliphatic carbocycles. The van der Waals surface area contributed by atoms with Crippen LogP contribution in [0.5, 0.6) is 5.75 Å². The lowest BCUT2D eigenvalue weighted by Gasteiger charge is -2.15. The van der Waals surface area contributed by atoms with Crippen molar-refractivity contribution in [1.29, 1.82) is 0 Å². The molecule has 0 aromatic carbocycles. The fourth-order valence-electron chi connectivity index (χ4n) is 2.17. The zero-order valence-corrected chi connectivity index (χ0v) is 15.3. The number of fused-ring (bicyclic) bond motifs is 1. The fraction of sp³-hybridized carbons (Fsp3) is 0.600. The second kappa shape index (κ2) is 7.35. The third-order valence-electron chi connectivity index (χ3n) is 3.55. The Morgan fingerprint density at radius 2 is 2.04 bits per heavy atom. The number of hydrogen-bond donors (Lipinski definition) is 0. The predicted molar refractivity (Wildman–Crippen MR) is 95.1 cm³/mol. The molecule has 0 fully saturated rings. The zero-order valence-electron chi connectivity index (χ0n) is 14.3. The second-order valence-electron chi connectivity index (χ2n) is 6.77. The molecular weight excluding hydrogens is 309 g/mol. The minimum Gasteiger partial charge on any atom is -0.493 e. The summed E-state index contributed by atoms with van der Waals surface area (Å²) in [6.45, 7) is 8.19. The van der Waals surface area contributed by atoms with Crippen molar-refractivity contribution in [2.75, 3.05) is 13.2 Å². The zero-order chi connectivity index (χ0) is 17.0. The van der Waals surface area contributed by atoms with E-state index in [1.165, 1.54) is 4.57 Å². The highest BCUT2D eigenvalue weighted by atomic mass is 28.3. The van der Waals surface area contributed by atoms with Crippen LogP contribution in [-0.2, 0) is 18.5 Å². The van der Waals surface area contributed by atoms with E-state index in [9.17, 15) is 4.79 Å². The Hall–Kier alpha value is -1.54. The van der Waals surface area contributed by atoms with Crippen LogP contribution in [0.15, 0.2) is 17.1 Å². The summed E-state index contributed by atoms with van der Waals surface area (Å²) in [5, 5.41) is 0. The Kier molecular flexibility index (Phi) is 5.70. The highest BCUT2D eigenvalue weighted by molar-refractivity contribution is 6.76. The van der Waals surface area contributed by atoms with Gasteiger partial charge in [-0.25, -0.2) is 9.78 Å². The van der Waals surface area contributed by atoms with Crippen LogP contribution in [0.3, 0.4) is 0 Å². The van der Waals surface area contributed by atoms with Crippen LogP contribution in [0, 0.1) is 0 Å². The Morgan fingerprint density at radius 1 is 1.30 bits per heavy atom. The lowest BCUT2D eigenvalue weighted by atomic mass is 10.1. The molecule has 2 heterocycles. The van der Waals surface area contributed by atoms with Crippen LogP contribution in [0.25, 0.3) is 11.2 Å². The van der Waals surface area contributed by atoms with Crippen molar-refractivity contribution in [2.45, 2.75) is 38.7 Å². The Labute approximate surface area is 138 Å². The van der Waals surface area contributed by atoms with E-state index in [0.29, 0.717) is 36.4 Å². The molecule has 0 aliphatic rings. The Bertz CT molecular complexity index is 721. The van der Waals surface area contributed by atoms with Gasteiger partial charge in [-0.2, -0.15) is 0 Å². The van der Waals surface area contributed by atoms with Crippen LogP contribution in [-0.4, -0.2) is 43.3 Å². The van der Waals surface area contributed by atoms with Gasteiger partial charge in [0.25, 0.3) is 0 Å². The van der Waals surface area contributed by atoms with Crippen LogP contribution in [0.4, 0.5) is 0 Å². The first-order chi connectivity index (χ1) is 10.8. The molecular formula is C15H24BN3O3Si. The first-order valence-electron chi connectivity index (χ1n) is 7.79. The van der Waals surface area contributed by atoms with Gasteiger partial charge < -0.3 is 9.47 Å². The molecule has 0 amide bonds. The third-order valence-corrected chi connectivity index (χ3v) is 5.26. The first-order valence-corrected chi connectivity index (χ1v) is 11.5. The lowest BCUT2D eigenvalue weighted by Crippen LogP contribution is -2.25. The normalized spacial score (nSPS) is 12.0. The predicted octanol–water partition coefficient (Wildman–Crippen LogP) is 2.01. The minimum atomic E-state index is -1.14. The SMILES string of the molecule is [B]CCOc1cnc2c(c1)n(COCC[Si](C)(C)C)c(=O)n2C. The molecule has 0 unspecified atom stereocenters. The maximum absolute atomic E-state index is 12.4. The van der Waals surface area contributed by atoms with Crippen LogP contribution < -0.4 is 10.4 Å². The highest BCUT2D eigenvalue weighted by Crippen LogP contribution is 2.18. The van der Waals surface area contributed by atoms with Gasteiger partial charge in [0.15, 0.2) is 5.65 Å². The standard InChI is InChI=1S/C15H24BN3O3Si/c1-18-14-13(9-12(10-17-14)22-6-5-16)19(15(18)20)11-21-7-8-23(2,3)4/h9-10H,5-8,11H2,1-4H3. The molecule has 0 aliphatic heterocycles. The molecule has 8 heteroatoms. The summed E-state index contributed by atoms with van der Waals surface area (Å²) in [4.78, 5) is 16.7. The van der Waals surface area contributed by atoms with E-state index in [1.54, 1.807) is 23.9 Å². The number of hydrogen-bond acceptors (Lipinski definition) is 4. The molecule has 124 valence electrons. The molecule has 6 nitrogen and oxygen atoms in total. The molecule has 0 N–H and O–H groups in total. The smallest absolute Gasteiger partial charge is 0.331 e. The summed E-state index contributed by atoms with van der Waals surface area (Å²) in [5.41, 5.74) is 1.18. The number of nitrogens with zero attached hydrogens (tertiary/aromatic N) is 3. The van der Waals surface area contributed by atoms with Gasteiger partial charge in [-0.05, 0) is 6.04 Å². The average Bonchev–Trinajstić information content (AvgIpc) is 2.72. The van der Waals surface area contributed by atoms with Crippen molar-refractivity contribution in [3.05, 3.63) is 22.7 Å². The van der Waals surface area contributed by atoms with Gasteiger partial charge >= 0.3 is 5.69 Å². The molecule has 2 aromatic rings. The maximum Gasteiger partial charge on any atom is 0.331 e. The van der Waals surface area contributed by atoms with Crippen molar-refractivity contribution < 1.29 is 9.47 Å². The van der Waals surface area contributed by atoms with E-state index in [1.807, 2.05) is 0 Å². The third kappa shape index (κ3) is 4.48. The Morgan fingerprint density at radius 3 is 2.70 bits per heavy atom. The summed E-state index contributed by atoms with van der Waals surface area (Å²) in [5.74, 6) is 0.601. The van der Waals surface area contributed by atoms with E-state index in [4.69, 9.17) is 17.3 Å². The van der Waals surface area contributed by atoms with Gasteiger partial charge in [-0.1, -0.05) is 26.0 Å². The molecule has 2 aromatic heterocycles. The number of imidazole rings is 1. The lowest BCUT2D eigenvalue weighted by molar-refractivity contribution is 0.0873.